The van der Waals surface area contributed by atoms with Gasteiger partial charge < -0.3 is 35.3 Å². The Bertz CT molecular complexity index is 1570. The second kappa shape index (κ2) is 12.0. The Hall–Kier alpha value is -4.78. The molecule has 5 N–H and O–H groups in total. The molecule has 3 aromatic rings. The van der Waals surface area contributed by atoms with Crippen molar-refractivity contribution < 1.29 is 32.9 Å². The number of likely N-dealkylation sites (N-methyl/N-ethyl adjacent to an activating group) is 1. The molecular weight excluding hydrogens is 550 g/mol. The molecule has 1 saturated heterocycles. The molecule has 2 aliphatic heterocycles. The number of ether oxygens (including phenoxy) is 3. The van der Waals surface area contributed by atoms with Crippen molar-refractivity contribution in [2.45, 2.75) is 19.4 Å². The van der Waals surface area contributed by atoms with Gasteiger partial charge in [-0.1, -0.05) is 12.1 Å². The molecule has 0 bridgehead atoms. The van der Waals surface area contributed by atoms with Gasteiger partial charge in [0.1, 0.15) is 29.3 Å². The maximum atomic E-state index is 15.9. The zero-order valence-electron chi connectivity index (χ0n) is 23.0. The molecule has 0 radical (unpaired) electrons. The lowest BCUT2D eigenvalue weighted by atomic mass is 9.92. The second-order valence-corrected chi connectivity index (χ2v) is 10.0. The molecule has 2 aliphatic rings. The number of aromatic hydroxyl groups is 1. The number of aliphatic imine (C=N–C) groups is 1. The number of carbonyl (C=O) groups excluding carboxylic acids is 1. The number of hydrogen-bond acceptors (Lipinski definition) is 10. The topological polar surface area (TPSA) is 155 Å². The summed E-state index contributed by atoms with van der Waals surface area (Å²) in [5.41, 5.74) is 6.46. The smallest absolute Gasteiger partial charge is 0.263 e. The Morgan fingerprint density at radius 2 is 1.93 bits per heavy atom. The largest absolute Gasteiger partial charge is 0.504 e. The van der Waals surface area contributed by atoms with Crippen molar-refractivity contribution in [2.75, 3.05) is 33.2 Å². The molecule has 0 aliphatic carbocycles. The van der Waals surface area contributed by atoms with Gasteiger partial charge in [-0.3, -0.25) is 15.2 Å². The zero-order valence-corrected chi connectivity index (χ0v) is 23.0. The summed E-state index contributed by atoms with van der Waals surface area (Å²) in [5.74, 6) is -5.72. The number of ketones is 1. The van der Waals surface area contributed by atoms with Crippen LogP contribution in [0.25, 0.3) is 0 Å². The van der Waals surface area contributed by atoms with E-state index >= 15 is 8.78 Å². The molecule has 5 rings (SSSR count). The first-order chi connectivity index (χ1) is 20.1. The van der Waals surface area contributed by atoms with Crippen LogP contribution in [-0.2, 0) is 4.79 Å². The van der Waals surface area contributed by atoms with Crippen LogP contribution >= 0.6 is 0 Å². The number of Topliss-reactive ketones (excluding diaryl/α,β-unsaturated/α-hetero) is 1. The molecule has 0 spiro atoms. The lowest BCUT2D eigenvalue weighted by Crippen LogP contribution is -2.46. The first-order valence-electron chi connectivity index (χ1n) is 13.3. The van der Waals surface area contributed by atoms with Crippen molar-refractivity contribution in [3.63, 3.8) is 0 Å². The van der Waals surface area contributed by atoms with Crippen molar-refractivity contribution in [1.29, 1.82) is 5.41 Å². The van der Waals surface area contributed by atoms with E-state index in [0.717, 1.165) is 17.9 Å². The van der Waals surface area contributed by atoms with E-state index in [4.69, 9.17) is 25.4 Å². The SMILES string of the molecule is CC(=O)C1CNCCC1Oc1c(F)c(Oc2cccc(C3=NCCN3C)c2)nc(Oc2cc(C(=N)N)ccc2O)c1F. The molecular formula is C29H30F2N6O5. The highest BCUT2D eigenvalue weighted by Gasteiger charge is 2.34. The summed E-state index contributed by atoms with van der Waals surface area (Å²) in [4.78, 5) is 22.6. The van der Waals surface area contributed by atoms with Crippen molar-refractivity contribution in [1.82, 2.24) is 15.2 Å². The van der Waals surface area contributed by atoms with Gasteiger partial charge in [0, 0.05) is 31.3 Å². The monoisotopic (exact) mass is 580 g/mol. The highest BCUT2D eigenvalue weighted by molar-refractivity contribution is 6.00. The van der Waals surface area contributed by atoms with Gasteiger partial charge in [-0.25, -0.2) is 0 Å². The van der Waals surface area contributed by atoms with Gasteiger partial charge in [0.2, 0.25) is 17.4 Å². The highest BCUT2D eigenvalue weighted by atomic mass is 19.1. The van der Waals surface area contributed by atoms with Crippen molar-refractivity contribution in [2.24, 2.45) is 16.6 Å². The summed E-state index contributed by atoms with van der Waals surface area (Å²) < 4.78 is 48.9. The lowest BCUT2D eigenvalue weighted by Gasteiger charge is -2.31. The van der Waals surface area contributed by atoms with Crippen LogP contribution in [0.4, 0.5) is 8.78 Å². The van der Waals surface area contributed by atoms with Crippen LogP contribution in [0.2, 0.25) is 0 Å². The number of nitrogen functional groups attached to an aromatic ring is 1. The van der Waals surface area contributed by atoms with Crippen molar-refractivity contribution in [3.8, 4) is 34.8 Å². The number of phenols is 1. The fourth-order valence-electron chi connectivity index (χ4n) is 4.77. The van der Waals surface area contributed by atoms with Crippen molar-refractivity contribution in [3.05, 3.63) is 65.2 Å². The summed E-state index contributed by atoms with van der Waals surface area (Å²) in [5, 5.41) is 21.1. The standard InChI is InChI=1S/C29H30F2N6O5/c1-15(38)19-14-34-9-8-21(19)41-25-23(30)28(40-18-5-3-4-17(12-18)27-35-10-11-37(27)2)36-29(24(25)31)42-22-13-16(26(32)33)6-7-20(22)39/h3-7,12-13,19,21,34,39H,8-11,14H2,1-2H3,(H3,32,33). The summed E-state index contributed by atoms with van der Waals surface area (Å²) in [7, 11) is 1.90. The minimum atomic E-state index is -1.30. The number of piperidine rings is 1. The maximum Gasteiger partial charge on any atom is 0.263 e. The molecule has 1 fully saturated rings. The number of nitrogens with two attached hydrogens (primary N) is 1. The fourth-order valence-corrected chi connectivity index (χ4v) is 4.77. The highest BCUT2D eigenvalue weighted by Crippen LogP contribution is 2.40. The molecule has 13 heteroatoms. The first kappa shape index (κ1) is 28.7. The fraction of sp³-hybridized carbons (Fsp3) is 0.310. The average molecular weight is 581 g/mol. The number of halogens is 2. The predicted molar refractivity (Wildman–Crippen MR) is 150 cm³/mol. The minimum Gasteiger partial charge on any atom is -0.504 e. The van der Waals surface area contributed by atoms with Gasteiger partial charge in [-0.05, 0) is 50.2 Å². The molecule has 0 amide bonds. The van der Waals surface area contributed by atoms with Crippen LogP contribution in [0.3, 0.4) is 0 Å². The van der Waals surface area contributed by atoms with Crippen LogP contribution in [0.5, 0.6) is 34.8 Å². The number of phenolic OH excluding ortho intramolecular Hbond substituents is 1. The van der Waals surface area contributed by atoms with Crippen LogP contribution < -0.4 is 25.3 Å². The number of rotatable bonds is 9. The number of amidine groups is 2. The normalized spacial score (nSPS) is 18.4. The van der Waals surface area contributed by atoms with Gasteiger partial charge in [0.05, 0.1) is 12.5 Å². The van der Waals surface area contributed by atoms with Crippen LogP contribution in [0.15, 0.2) is 47.5 Å². The lowest BCUT2D eigenvalue weighted by molar-refractivity contribution is -0.124. The molecule has 42 heavy (non-hydrogen) atoms. The quantitative estimate of drug-likeness (QED) is 0.220. The van der Waals surface area contributed by atoms with Gasteiger partial charge >= 0.3 is 0 Å². The molecule has 1 aromatic heterocycles. The zero-order chi connectivity index (χ0) is 30.0. The molecule has 11 nitrogen and oxygen atoms in total. The third-order valence-electron chi connectivity index (χ3n) is 7.03. The Morgan fingerprint density at radius 1 is 1.17 bits per heavy atom. The number of pyridine rings is 1. The van der Waals surface area contributed by atoms with E-state index in [0.29, 0.717) is 19.5 Å². The predicted octanol–water partition coefficient (Wildman–Crippen LogP) is 3.57. The Kier molecular flexibility index (Phi) is 8.20. The first-order valence-corrected chi connectivity index (χ1v) is 13.3. The third kappa shape index (κ3) is 5.96. The van der Waals surface area contributed by atoms with E-state index in [-0.39, 0.29) is 35.2 Å². The number of benzene rings is 2. The summed E-state index contributed by atoms with van der Waals surface area (Å²) in [6, 6.07) is 10.5. The number of aromatic nitrogens is 1. The van der Waals surface area contributed by atoms with Crippen molar-refractivity contribution >= 4 is 17.5 Å². The van der Waals surface area contributed by atoms with E-state index in [1.54, 1.807) is 18.2 Å². The number of hydrogen-bond donors (Lipinski definition) is 4. The molecule has 220 valence electrons. The van der Waals surface area contributed by atoms with Gasteiger partial charge in [-0.2, -0.15) is 13.8 Å². The molecule has 2 unspecified atom stereocenters. The maximum absolute atomic E-state index is 15.9. The van der Waals surface area contributed by atoms with Gasteiger partial charge in [0.15, 0.2) is 11.5 Å². The molecule has 2 aromatic carbocycles. The molecule has 0 saturated carbocycles. The van der Waals surface area contributed by atoms with Gasteiger partial charge in [0.25, 0.3) is 11.8 Å². The van der Waals surface area contributed by atoms with E-state index in [2.05, 4.69) is 15.3 Å². The Morgan fingerprint density at radius 3 is 2.62 bits per heavy atom. The van der Waals surface area contributed by atoms with E-state index in [1.807, 2.05) is 18.0 Å². The van der Waals surface area contributed by atoms with Crippen LogP contribution in [0.1, 0.15) is 24.5 Å². The molecule has 3 heterocycles. The van der Waals surface area contributed by atoms with E-state index in [9.17, 15) is 9.90 Å². The number of nitrogens with zero attached hydrogens (tertiary/aromatic N) is 3. The number of nitrogens with one attached hydrogen (secondary N) is 2. The molecule has 2 atom stereocenters. The van der Waals surface area contributed by atoms with E-state index in [1.165, 1.54) is 25.1 Å². The summed E-state index contributed by atoms with van der Waals surface area (Å²) in [6.45, 7) is 3.55. The third-order valence-corrected chi connectivity index (χ3v) is 7.03. The van der Waals surface area contributed by atoms with Gasteiger partial charge in [-0.15, -0.1) is 0 Å². The second-order valence-electron chi connectivity index (χ2n) is 10.0. The summed E-state index contributed by atoms with van der Waals surface area (Å²) >= 11 is 0. The number of carbonyl (C=O) groups is 1. The van der Waals surface area contributed by atoms with E-state index < -0.39 is 46.9 Å². The van der Waals surface area contributed by atoms with Crippen LogP contribution in [-0.4, -0.2) is 71.8 Å². The average Bonchev–Trinajstić information content (AvgIpc) is 3.40. The van der Waals surface area contributed by atoms with Crippen LogP contribution in [0, 0.1) is 23.0 Å². The summed E-state index contributed by atoms with van der Waals surface area (Å²) in [6.07, 6.45) is -0.513. The Balaban J connectivity index is 1.56. The Labute approximate surface area is 240 Å². The minimum absolute atomic E-state index is 0.189.